The highest BCUT2D eigenvalue weighted by molar-refractivity contribution is 6.32. The predicted molar refractivity (Wildman–Crippen MR) is 109 cm³/mol. The molecule has 2 saturated heterocycles. The van der Waals surface area contributed by atoms with Gasteiger partial charge in [0.1, 0.15) is 17.0 Å². The minimum atomic E-state index is -0.767. The summed E-state index contributed by atoms with van der Waals surface area (Å²) in [7, 11) is 0. The van der Waals surface area contributed by atoms with Crippen molar-refractivity contribution >= 4 is 23.3 Å². The third-order valence-corrected chi connectivity index (χ3v) is 6.45. The van der Waals surface area contributed by atoms with E-state index in [9.17, 15) is 4.79 Å². The van der Waals surface area contributed by atoms with Gasteiger partial charge in [-0.1, -0.05) is 29.8 Å². The molecule has 7 heteroatoms. The fourth-order valence-electron chi connectivity index (χ4n) is 4.01. The van der Waals surface area contributed by atoms with Crippen LogP contribution in [0.1, 0.15) is 24.2 Å². The normalized spacial score (nSPS) is 30.7. The van der Waals surface area contributed by atoms with Crippen LogP contribution >= 0.6 is 11.6 Å². The van der Waals surface area contributed by atoms with Crippen molar-refractivity contribution in [2.75, 3.05) is 25.6 Å². The van der Waals surface area contributed by atoms with Gasteiger partial charge in [0.25, 0.3) is 0 Å². The number of rotatable bonds is 5. The SMILES string of the molecule is C[C@]12OC[C@H](OC(=O)c3ccccc3)[C@@]1(C)OC[C@@H]2COc1ccc(N)cc1Cl. The van der Waals surface area contributed by atoms with Gasteiger partial charge in [0, 0.05) is 11.6 Å². The second-order valence-corrected chi connectivity index (χ2v) is 8.20. The van der Waals surface area contributed by atoms with E-state index < -0.39 is 17.3 Å². The molecule has 0 radical (unpaired) electrons. The molecule has 29 heavy (non-hydrogen) atoms. The van der Waals surface area contributed by atoms with E-state index in [0.29, 0.717) is 35.2 Å². The lowest BCUT2D eigenvalue weighted by Crippen LogP contribution is -2.53. The van der Waals surface area contributed by atoms with Gasteiger partial charge in [0.2, 0.25) is 0 Å². The van der Waals surface area contributed by atoms with E-state index in [1.54, 1.807) is 42.5 Å². The van der Waals surface area contributed by atoms with Gasteiger partial charge in [-0.2, -0.15) is 0 Å². The average molecular weight is 418 g/mol. The Kier molecular flexibility index (Phi) is 5.19. The van der Waals surface area contributed by atoms with Gasteiger partial charge in [0.15, 0.2) is 6.10 Å². The molecule has 2 N–H and O–H groups in total. The molecule has 4 atom stereocenters. The Hall–Kier alpha value is -2.28. The van der Waals surface area contributed by atoms with Gasteiger partial charge in [-0.15, -0.1) is 0 Å². The van der Waals surface area contributed by atoms with Crippen molar-refractivity contribution in [2.45, 2.75) is 31.2 Å². The van der Waals surface area contributed by atoms with Gasteiger partial charge in [-0.25, -0.2) is 4.79 Å². The number of nitrogens with two attached hydrogens (primary N) is 1. The summed E-state index contributed by atoms with van der Waals surface area (Å²) in [5.74, 6) is 0.117. The molecule has 2 aliphatic rings. The molecule has 0 aromatic heterocycles. The van der Waals surface area contributed by atoms with E-state index in [1.807, 2.05) is 19.9 Å². The lowest BCUT2D eigenvalue weighted by molar-refractivity contribution is -0.103. The summed E-state index contributed by atoms with van der Waals surface area (Å²) in [5, 5.41) is 0.457. The Bertz CT molecular complexity index is 907. The van der Waals surface area contributed by atoms with Crippen LogP contribution in [-0.4, -0.2) is 43.1 Å². The molecule has 154 valence electrons. The van der Waals surface area contributed by atoms with Crippen molar-refractivity contribution < 1.29 is 23.7 Å². The summed E-state index contributed by atoms with van der Waals surface area (Å²) in [6, 6.07) is 14.0. The van der Waals surface area contributed by atoms with E-state index in [-0.39, 0.29) is 18.5 Å². The van der Waals surface area contributed by atoms with Crippen LogP contribution < -0.4 is 10.5 Å². The maximum atomic E-state index is 12.5. The van der Waals surface area contributed by atoms with Gasteiger partial charge in [0.05, 0.1) is 30.4 Å². The number of benzene rings is 2. The molecule has 0 spiro atoms. The molecular weight excluding hydrogens is 394 g/mol. The number of hydrogen-bond donors (Lipinski definition) is 1. The van der Waals surface area contributed by atoms with Crippen molar-refractivity contribution in [2.24, 2.45) is 5.92 Å². The molecule has 4 rings (SSSR count). The van der Waals surface area contributed by atoms with Crippen molar-refractivity contribution in [1.82, 2.24) is 0 Å². The van der Waals surface area contributed by atoms with Crippen LogP contribution in [0.15, 0.2) is 48.5 Å². The number of carbonyl (C=O) groups is 1. The standard InChI is InChI=1S/C22H24ClNO5/c1-21-15(11-26-18-9-8-16(24)10-17(18)23)12-27-22(21,2)19(13-28-21)29-20(25)14-6-4-3-5-7-14/h3-10,15,19H,11-13,24H2,1-2H3/t15-,19-,21+,22+/m0/s1. The summed E-state index contributed by atoms with van der Waals surface area (Å²) in [6.07, 6.45) is -0.509. The second kappa shape index (κ2) is 7.52. The number of nitrogen functional groups attached to an aromatic ring is 1. The molecule has 6 nitrogen and oxygen atoms in total. The van der Waals surface area contributed by atoms with E-state index >= 15 is 0 Å². The summed E-state index contributed by atoms with van der Waals surface area (Å²) in [5.41, 5.74) is 5.38. The first-order valence-corrected chi connectivity index (χ1v) is 9.93. The van der Waals surface area contributed by atoms with Crippen LogP contribution in [0.5, 0.6) is 5.75 Å². The number of esters is 1. The van der Waals surface area contributed by atoms with Crippen molar-refractivity contribution in [3.05, 3.63) is 59.1 Å². The van der Waals surface area contributed by atoms with Gasteiger partial charge in [-0.05, 0) is 44.2 Å². The Balaban J connectivity index is 1.45. The number of anilines is 1. The zero-order chi connectivity index (χ0) is 20.6. The van der Waals surface area contributed by atoms with Gasteiger partial charge >= 0.3 is 5.97 Å². The molecule has 2 heterocycles. The highest BCUT2D eigenvalue weighted by Gasteiger charge is 2.66. The maximum absolute atomic E-state index is 12.5. The molecule has 2 fully saturated rings. The largest absolute Gasteiger partial charge is 0.492 e. The summed E-state index contributed by atoms with van der Waals surface area (Å²) < 4.78 is 23.9. The predicted octanol–water partition coefficient (Wildman–Crippen LogP) is 3.72. The molecule has 2 aliphatic heterocycles. The number of fused-ring (bicyclic) bond motifs is 1. The Morgan fingerprint density at radius 1 is 1.14 bits per heavy atom. The lowest BCUT2D eigenvalue weighted by atomic mass is 9.78. The molecular formula is C22H24ClNO5. The fourth-order valence-corrected chi connectivity index (χ4v) is 4.26. The molecule has 0 saturated carbocycles. The molecule has 0 unspecified atom stereocenters. The third kappa shape index (κ3) is 3.45. The quantitative estimate of drug-likeness (QED) is 0.590. The van der Waals surface area contributed by atoms with Crippen LogP contribution in [0.3, 0.4) is 0 Å². The highest BCUT2D eigenvalue weighted by Crippen LogP contribution is 2.50. The summed E-state index contributed by atoms with van der Waals surface area (Å²) in [4.78, 5) is 12.5. The Morgan fingerprint density at radius 2 is 1.86 bits per heavy atom. The number of carbonyl (C=O) groups excluding carboxylic acids is 1. The van der Waals surface area contributed by atoms with Gasteiger partial charge < -0.3 is 24.7 Å². The van der Waals surface area contributed by atoms with Crippen LogP contribution in [0.2, 0.25) is 5.02 Å². The topological polar surface area (TPSA) is 80.0 Å². The average Bonchev–Trinajstić information content (AvgIpc) is 3.10. The zero-order valence-corrected chi connectivity index (χ0v) is 17.1. The second-order valence-electron chi connectivity index (χ2n) is 7.79. The van der Waals surface area contributed by atoms with Crippen LogP contribution in [0.25, 0.3) is 0 Å². The molecule has 0 aliphatic carbocycles. The smallest absolute Gasteiger partial charge is 0.338 e. The molecule has 0 amide bonds. The van der Waals surface area contributed by atoms with E-state index in [1.165, 1.54) is 0 Å². The van der Waals surface area contributed by atoms with E-state index in [0.717, 1.165) is 0 Å². The molecule has 2 aromatic rings. The van der Waals surface area contributed by atoms with E-state index in [2.05, 4.69) is 0 Å². The highest BCUT2D eigenvalue weighted by atomic mass is 35.5. The zero-order valence-electron chi connectivity index (χ0n) is 16.4. The summed E-state index contributed by atoms with van der Waals surface area (Å²) >= 11 is 6.20. The first-order chi connectivity index (χ1) is 13.8. The monoisotopic (exact) mass is 417 g/mol. The minimum absolute atomic E-state index is 0.0541. The first kappa shape index (κ1) is 20.0. The minimum Gasteiger partial charge on any atom is -0.492 e. The Morgan fingerprint density at radius 3 is 2.59 bits per heavy atom. The summed E-state index contributed by atoms with van der Waals surface area (Å²) in [6.45, 7) is 4.97. The van der Waals surface area contributed by atoms with Crippen LogP contribution in [-0.2, 0) is 14.2 Å². The lowest BCUT2D eigenvalue weighted by Gasteiger charge is -2.36. The number of halogens is 1. The Labute approximate surface area is 174 Å². The number of hydrogen-bond acceptors (Lipinski definition) is 6. The van der Waals surface area contributed by atoms with Crippen molar-refractivity contribution in [3.63, 3.8) is 0 Å². The number of ether oxygens (including phenoxy) is 4. The van der Waals surface area contributed by atoms with Crippen molar-refractivity contribution in [1.29, 1.82) is 0 Å². The fraction of sp³-hybridized carbons (Fsp3) is 0.409. The molecule has 0 bridgehead atoms. The van der Waals surface area contributed by atoms with Crippen LogP contribution in [0.4, 0.5) is 5.69 Å². The third-order valence-electron chi connectivity index (χ3n) is 6.15. The van der Waals surface area contributed by atoms with Crippen molar-refractivity contribution in [3.8, 4) is 5.75 Å². The van der Waals surface area contributed by atoms with E-state index in [4.69, 9.17) is 36.3 Å². The molecule has 2 aromatic carbocycles. The van der Waals surface area contributed by atoms with Crippen LogP contribution in [0, 0.1) is 5.92 Å². The maximum Gasteiger partial charge on any atom is 0.338 e. The van der Waals surface area contributed by atoms with Gasteiger partial charge in [-0.3, -0.25) is 0 Å². The first-order valence-electron chi connectivity index (χ1n) is 9.55.